The van der Waals surface area contributed by atoms with Crippen molar-refractivity contribution in [2.24, 2.45) is 0 Å². The monoisotopic (exact) mass is 360 g/mol. The van der Waals surface area contributed by atoms with E-state index < -0.39 is 0 Å². The lowest BCUT2D eigenvalue weighted by Gasteiger charge is -2.26. The summed E-state index contributed by atoms with van der Waals surface area (Å²) in [4.78, 5) is 11.0. The molecule has 1 aliphatic heterocycles. The van der Waals surface area contributed by atoms with Crippen LogP contribution in [0.5, 0.6) is 0 Å². The number of rotatable bonds is 6. The SMILES string of the molecule is Cc1ccc(Nc2ncnc(NCCN3CCCCC3)c2N)cc1Cl. The number of hydrogen-bond donors (Lipinski definition) is 3. The molecular formula is C18H25ClN6. The number of nitrogens with zero attached hydrogens (tertiary/aromatic N) is 3. The molecule has 0 radical (unpaired) electrons. The number of nitrogens with two attached hydrogens (primary N) is 1. The van der Waals surface area contributed by atoms with Gasteiger partial charge in [-0.1, -0.05) is 24.1 Å². The molecule has 4 N–H and O–H groups in total. The number of benzene rings is 1. The highest BCUT2D eigenvalue weighted by molar-refractivity contribution is 6.31. The molecule has 0 atom stereocenters. The summed E-state index contributed by atoms with van der Waals surface area (Å²) < 4.78 is 0. The lowest BCUT2D eigenvalue weighted by atomic mass is 10.1. The number of hydrogen-bond acceptors (Lipinski definition) is 6. The van der Waals surface area contributed by atoms with Gasteiger partial charge in [-0.15, -0.1) is 0 Å². The fourth-order valence-corrected chi connectivity index (χ4v) is 3.14. The standard InChI is InChI=1S/C18H25ClN6/c1-13-5-6-14(11-15(13)19)24-18-16(20)17(22-12-23-18)21-7-10-25-8-3-2-4-9-25/h5-6,11-12H,2-4,7-10,20H2,1H3,(H2,21,22,23,24). The van der Waals surface area contributed by atoms with Gasteiger partial charge in [0.1, 0.15) is 12.0 Å². The average Bonchev–Trinajstić information content (AvgIpc) is 2.62. The summed E-state index contributed by atoms with van der Waals surface area (Å²) >= 11 is 6.17. The first kappa shape index (κ1) is 17.8. The van der Waals surface area contributed by atoms with Crippen molar-refractivity contribution in [3.8, 4) is 0 Å². The van der Waals surface area contributed by atoms with Crippen LogP contribution in [-0.2, 0) is 0 Å². The summed E-state index contributed by atoms with van der Waals surface area (Å²) in [5.74, 6) is 1.24. The Hall–Kier alpha value is -2.05. The predicted molar refractivity (Wildman–Crippen MR) is 105 cm³/mol. The van der Waals surface area contributed by atoms with Gasteiger partial charge in [-0.05, 0) is 50.6 Å². The van der Waals surface area contributed by atoms with E-state index in [0.29, 0.717) is 22.3 Å². The second-order valence-corrected chi connectivity index (χ2v) is 6.81. The first-order valence-corrected chi connectivity index (χ1v) is 9.11. The van der Waals surface area contributed by atoms with Crippen molar-refractivity contribution in [1.29, 1.82) is 0 Å². The van der Waals surface area contributed by atoms with Crippen LogP contribution in [0.2, 0.25) is 5.02 Å². The molecule has 2 heterocycles. The third-order valence-corrected chi connectivity index (χ3v) is 4.89. The highest BCUT2D eigenvalue weighted by Crippen LogP contribution is 2.27. The number of nitrogens with one attached hydrogen (secondary N) is 2. The van der Waals surface area contributed by atoms with E-state index in [2.05, 4.69) is 25.5 Å². The fourth-order valence-electron chi connectivity index (χ4n) is 2.96. The molecule has 0 spiro atoms. The lowest BCUT2D eigenvalue weighted by molar-refractivity contribution is 0.237. The molecule has 3 rings (SSSR count). The molecule has 0 amide bonds. The number of aromatic nitrogens is 2. The highest BCUT2D eigenvalue weighted by atomic mass is 35.5. The van der Waals surface area contributed by atoms with Crippen LogP contribution in [0, 0.1) is 6.92 Å². The third kappa shape index (κ3) is 4.74. The summed E-state index contributed by atoms with van der Waals surface area (Å²) in [6.45, 7) is 6.15. The van der Waals surface area contributed by atoms with Gasteiger partial charge in [0.2, 0.25) is 0 Å². The van der Waals surface area contributed by atoms with E-state index in [4.69, 9.17) is 17.3 Å². The highest BCUT2D eigenvalue weighted by Gasteiger charge is 2.11. The molecule has 134 valence electrons. The van der Waals surface area contributed by atoms with Gasteiger partial charge >= 0.3 is 0 Å². The van der Waals surface area contributed by atoms with Gasteiger partial charge in [0, 0.05) is 23.8 Å². The van der Waals surface area contributed by atoms with Crippen molar-refractivity contribution < 1.29 is 0 Å². The van der Waals surface area contributed by atoms with Crippen LogP contribution in [-0.4, -0.2) is 41.0 Å². The second kappa shape index (κ2) is 8.36. The molecule has 1 fully saturated rings. The van der Waals surface area contributed by atoms with Gasteiger partial charge < -0.3 is 21.3 Å². The van der Waals surface area contributed by atoms with E-state index in [1.807, 2.05) is 25.1 Å². The van der Waals surface area contributed by atoms with Gasteiger partial charge in [-0.3, -0.25) is 0 Å². The minimum atomic E-state index is 0.512. The minimum absolute atomic E-state index is 0.512. The zero-order chi connectivity index (χ0) is 17.6. The first-order chi connectivity index (χ1) is 12.1. The molecule has 1 aliphatic rings. The summed E-state index contributed by atoms with van der Waals surface area (Å²) in [7, 11) is 0. The quantitative estimate of drug-likeness (QED) is 0.729. The summed E-state index contributed by atoms with van der Waals surface area (Å²) in [6.07, 6.45) is 5.45. The molecule has 6 nitrogen and oxygen atoms in total. The van der Waals surface area contributed by atoms with Gasteiger partial charge in [0.15, 0.2) is 11.6 Å². The van der Waals surface area contributed by atoms with E-state index in [0.717, 1.165) is 24.3 Å². The molecular weight excluding hydrogens is 336 g/mol. The van der Waals surface area contributed by atoms with Crippen molar-refractivity contribution in [3.63, 3.8) is 0 Å². The van der Waals surface area contributed by atoms with E-state index in [1.54, 1.807) is 0 Å². The summed E-state index contributed by atoms with van der Waals surface area (Å²) in [5.41, 5.74) is 8.61. The Bertz CT molecular complexity index is 715. The Morgan fingerprint density at radius 3 is 2.68 bits per heavy atom. The van der Waals surface area contributed by atoms with Crippen LogP contribution < -0.4 is 16.4 Å². The van der Waals surface area contributed by atoms with Gasteiger partial charge in [0.25, 0.3) is 0 Å². The zero-order valence-corrected chi connectivity index (χ0v) is 15.3. The van der Waals surface area contributed by atoms with E-state index in [1.165, 1.54) is 38.7 Å². The molecule has 0 bridgehead atoms. The maximum atomic E-state index is 6.22. The minimum Gasteiger partial charge on any atom is -0.393 e. The van der Waals surface area contributed by atoms with Crippen molar-refractivity contribution in [3.05, 3.63) is 35.1 Å². The van der Waals surface area contributed by atoms with Crippen LogP contribution >= 0.6 is 11.6 Å². The van der Waals surface area contributed by atoms with E-state index >= 15 is 0 Å². The maximum Gasteiger partial charge on any atom is 0.159 e. The number of anilines is 4. The zero-order valence-electron chi connectivity index (χ0n) is 14.6. The fraction of sp³-hybridized carbons (Fsp3) is 0.444. The van der Waals surface area contributed by atoms with Crippen LogP contribution in [0.25, 0.3) is 0 Å². The summed E-state index contributed by atoms with van der Waals surface area (Å²) in [6, 6.07) is 5.77. The van der Waals surface area contributed by atoms with E-state index in [-0.39, 0.29) is 0 Å². The Morgan fingerprint density at radius 2 is 1.92 bits per heavy atom. The van der Waals surface area contributed by atoms with Crippen molar-refractivity contribution >= 4 is 34.6 Å². The Labute approximate surface area is 153 Å². The normalized spacial score (nSPS) is 15.1. The number of nitrogen functional groups attached to an aromatic ring is 1. The topological polar surface area (TPSA) is 79.1 Å². The molecule has 7 heteroatoms. The summed E-state index contributed by atoms with van der Waals surface area (Å²) in [5, 5.41) is 7.24. The Morgan fingerprint density at radius 1 is 1.16 bits per heavy atom. The molecule has 1 aromatic heterocycles. The van der Waals surface area contributed by atoms with Gasteiger partial charge in [-0.25, -0.2) is 9.97 Å². The van der Waals surface area contributed by atoms with Crippen LogP contribution in [0.15, 0.2) is 24.5 Å². The van der Waals surface area contributed by atoms with Crippen molar-refractivity contribution in [1.82, 2.24) is 14.9 Å². The molecule has 0 saturated carbocycles. The van der Waals surface area contributed by atoms with Crippen LogP contribution in [0.3, 0.4) is 0 Å². The van der Waals surface area contributed by atoms with Crippen LogP contribution in [0.1, 0.15) is 24.8 Å². The van der Waals surface area contributed by atoms with Gasteiger partial charge in [0.05, 0.1) is 0 Å². The van der Waals surface area contributed by atoms with Crippen molar-refractivity contribution in [2.75, 3.05) is 42.5 Å². The number of halogens is 1. The first-order valence-electron chi connectivity index (χ1n) is 8.73. The van der Waals surface area contributed by atoms with Gasteiger partial charge in [-0.2, -0.15) is 0 Å². The molecule has 0 aliphatic carbocycles. The molecule has 1 aromatic carbocycles. The Kier molecular flexibility index (Phi) is 5.94. The van der Waals surface area contributed by atoms with Crippen molar-refractivity contribution in [2.45, 2.75) is 26.2 Å². The van der Waals surface area contributed by atoms with E-state index in [9.17, 15) is 0 Å². The Balaban J connectivity index is 1.61. The number of likely N-dealkylation sites (tertiary alicyclic amines) is 1. The largest absolute Gasteiger partial charge is 0.393 e. The average molecular weight is 361 g/mol. The predicted octanol–water partition coefficient (Wildman–Crippen LogP) is 3.66. The molecule has 1 saturated heterocycles. The number of aryl methyl sites for hydroxylation is 1. The molecule has 25 heavy (non-hydrogen) atoms. The second-order valence-electron chi connectivity index (χ2n) is 6.40. The smallest absolute Gasteiger partial charge is 0.159 e. The van der Waals surface area contributed by atoms with Crippen LogP contribution in [0.4, 0.5) is 23.0 Å². The third-order valence-electron chi connectivity index (χ3n) is 4.49. The maximum absolute atomic E-state index is 6.22. The molecule has 2 aromatic rings. The number of piperidine rings is 1. The lowest BCUT2D eigenvalue weighted by Crippen LogP contribution is -2.33. The molecule has 0 unspecified atom stereocenters.